The number of amides is 1. The summed E-state index contributed by atoms with van der Waals surface area (Å²) in [7, 11) is 0. The largest absolute Gasteiger partial charge is 0.455 e. The van der Waals surface area contributed by atoms with Gasteiger partial charge in [0.15, 0.2) is 6.61 Å². The summed E-state index contributed by atoms with van der Waals surface area (Å²) >= 11 is 4.68. The van der Waals surface area contributed by atoms with Gasteiger partial charge in [0.2, 0.25) is 0 Å². The molecule has 0 aromatic heterocycles. The van der Waals surface area contributed by atoms with E-state index >= 15 is 0 Å². The zero-order chi connectivity index (χ0) is 16.9. The van der Waals surface area contributed by atoms with E-state index in [1.807, 2.05) is 24.3 Å². The number of hydrogen-bond acceptors (Lipinski definition) is 5. The van der Waals surface area contributed by atoms with Crippen LogP contribution in [-0.2, 0) is 14.3 Å². The summed E-state index contributed by atoms with van der Waals surface area (Å²) in [6.07, 6.45) is 1.88. The van der Waals surface area contributed by atoms with Gasteiger partial charge >= 0.3 is 5.97 Å². The molecule has 0 aliphatic heterocycles. The first kappa shape index (κ1) is 17.8. The first-order valence-electron chi connectivity index (χ1n) is 7.19. The van der Waals surface area contributed by atoms with Crippen LogP contribution >= 0.6 is 27.7 Å². The van der Waals surface area contributed by atoms with E-state index in [9.17, 15) is 14.9 Å². The molecule has 2 rings (SSSR count). The lowest BCUT2D eigenvalue weighted by Crippen LogP contribution is -2.48. The molecule has 1 N–H and O–H groups in total. The van der Waals surface area contributed by atoms with Gasteiger partial charge < -0.3 is 10.1 Å². The van der Waals surface area contributed by atoms with Gasteiger partial charge in [-0.2, -0.15) is 5.26 Å². The maximum atomic E-state index is 11.8. The predicted molar refractivity (Wildman–Crippen MR) is 90.7 cm³/mol. The third-order valence-electron chi connectivity index (χ3n) is 3.56. The second kappa shape index (κ2) is 7.84. The molecule has 1 aliphatic carbocycles. The van der Waals surface area contributed by atoms with Crippen LogP contribution < -0.4 is 5.32 Å². The van der Waals surface area contributed by atoms with Gasteiger partial charge in [0.05, 0.1) is 11.8 Å². The highest BCUT2D eigenvalue weighted by Crippen LogP contribution is 2.39. The fourth-order valence-electron chi connectivity index (χ4n) is 2.07. The summed E-state index contributed by atoms with van der Waals surface area (Å²) in [5, 5.41) is 11.8. The first-order valence-corrected chi connectivity index (χ1v) is 8.97. The van der Waals surface area contributed by atoms with Crippen LogP contribution in [0.25, 0.3) is 0 Å². The molecule has 1 amide bonds. The second-order valence-electron chi connectivity index (χ2n) is 5.54. The summed E-state index contributed by atoms with van der Waals surface area (Å²) in [6, 6.07) is 9.69. The number of nitriles is 1. The van der Waals surface area contributed by atoms with Crippen molar-refractivity contribution in [1.82, 2.24) is 5.32 Å². The minimum atomic E-state index is -0.865. The highest BCUT2D eigenvalue weighted by Gasteiger charge is 2.43. The first-order chi connectivity index (χ1) is 10.9. The van der Waals surface area contributed by atoms with Gasteiger partial charge in [-0.3, -0.25) is 9.59 Å². The minimum Gasteiger partial charge on any atom is -0.455 e. The Morgan fingerprint density at radius 3 is 2.65 bits per heavy atom. The summed E-state index contributed by atoms with van der Waals surface area (Å²) in [6.45, 7) is 1.34. The molecular formula is C16H17BrN2O3S. The molecule has 5 nitrogen and oxygen atoms in total. The molecule has 0 bridgehead atoms. The van der Waals surface area contributed by atoms with Gasteiger partial charge in [-0.25, -0.2) is 0 Å². The van der Waals surface area contributed by atoms with Crippen molar-refractivity contribution in [2.45, 2.75) is 30.2 Å². The topological polar surface area (TPSA) is 79.2 Å². The molecule has 23 heavy (non-hydrogen) atoms. The summed E-state index contributed by atoms with van der Waals surface area (Å²) < 4.78 is 5.92. The highest BCUT2D eigenvalue weighted by molar-refractivity contribution is 9.10. The SMILES string of the molecule is C[C@](C#N)(NC(=O)COC(=O)CSc1ccc(Br)cc1)C1CC1. The van der Waals surface area contributed by atoms with Crippen LogP contribution in [0.5, 0.6) is 0 Å². The quantitative estimate of drug-likeness (QED) is 0.566. The number of ether oxygens (including phenoxy) is 1. The summed E-state index contributed by atoms with van der Waals surface area (Å²) in [5.41, 5.74) is -0.865. The van der Waals surface area contributed by atoms with Gasteiger partial charge in [-0.05, 0) is 49.9 Å². The molecule has 0 radical (unpaired) electrons. The van der Waals surface area contributed by atoms with Crippen LogP contribution in [0, 0.1) is 17.2 Å². The van der Waals surface area contributed by atoms with Crippen LogP contribution in [0.3, 0.4) is 0 Å². The van der Waals surface area contributed by atoms with E-state index in [1.54, 1.807) is 6.92 Å². The van der Waals surface area contributed by atoms with Gasteiger partial charge in [0, 0.05) is 9.37 Å². The molecule has 0 unspecified atom stereocenters. The Labute approximate surface area is 147 Å². The fraction of sp³-hybridized carbons (Fsp3) is 0.438. The van der Waals surface area contributed by atoms with Crippen molar-refractivity contribution in [2.75, 3.05) is 12.4 Å². The second-order valence-corrected chi connectivity index (χ2v) is 7.50. The van der Waals surface area contributed by atoms with Gasteiger partial charge in [0.1, 0.15) is 5.54 Å². The molecule has 1 fully saturated rings. The van der Waals surface area contributed by atoms with Crippen molar-refractivity contribution in [1.29, 1.82) is 5.26 Å². The lowest BCUT2D eigenvalue weighted by molar-refractivity contribution is -0.146. The molecule has 7 heteroatoms. The van der Waals surface area contributed by atoms with Crippen molar-refractivity contribution in [2.24, 2.45) is 5.92 Å². The van der Waals surface area contributed by atoms with Crippen molar-refractivity contribution in [3.63, 3.8) is 0 Å². The Morgan fingerprint density at radius 1 is 1.43 bits per heavy atom. The average molecular weight is 397 g/mol. The highest BCUT2D eigenvalue weighted by atomic mass is 79.9. The number of carbonyl (C=O) groups is 2. The van der Waals surface area contributed by atoms with Crippen molar-refractivity contribution >= 4 is 39.6 Å². The van der Waals surface area contributed by atoms with Crippen LogP contribution in [0.1, 0.15) is 19.8 Å². The molecule has 1 aromatic rings. The number of nitrogens with one attached hydrogen (secondary N) is 1. The van der Waals surface area contributed by atoms with E-state index in [2.05, 4.69) is 27.3 Å². The van der Waals surface area contributed by atoms with E-state index in [4.69, 9.17) is 4.74 Å². The molecule has 0 saturated heterocycles. The van der Waals surface area contributed by atoms with Gasteiger partial charge in [-0.15, -0.1) is 11.8 Å². The van der Waals surface area contributed by atoms with E-state index < -0.39 is 17.4 Å². The number of hydrogen-bond donors (Lipinski definition) is 1. The molecule has 1 aliphatic rings. The predicted octanol–water partition coefficient (Wildman–Crippen LogP) is 2.89. The number of esters is 1. The monoisotopic (exact) mass is 396 g/mol. The van der Waals surface area contributed by atoms with Crippen molar-refractivity contribution in [3.8, 4) is 6.07 Å². The zero-order valence-corrected chi connectivity index (χ0v) is 15.1. The van der Waals surface area contributed by atoms with Gasteiger partial charge in [0.25, 0.3) is 5.91 Å². The van der Waals surface area contributed by atoms with E-state index in [0.29, 0.717) is 0 Å². The Balaban J connectivity index is 1.70. The molecule has 122 valence electrons. The fourth-order valence-corrected chi connectivity index (χ4v) is 3.03. The van der Waals surface area contributed by atoms with Crippen molar-refractivity contribution in [3.05, 3.63) is 28.7 Å². The lowest BCUT2D eigenvalue weighted by atomic mass is 9.98. The van der Waals surface area contributed by atoms with Crippen LogP contribution in [0.4, 0.5) is 0 Å². The number of nitrogens with zero attached hydrogens (tertiary/aromatic N) is 1. The lowest BCUT2D eigenvalue weighted by Gasteiger charge is -2.22. The minimum absolute atomic E-state index is 0.132. The van der Waals surface area contributed by atoms with Crippen molar-refractivity contribution < 1.29 is 14.3 Å². The van der Waals surface area contributed by atoms with Crippen LogP contribution in [-0.4, -0.2) is 29.8 Å². The van der Waals surface area contributed by atoms with E-state index in [-0.39, 0.29) is 18.3 Å². The normalized spacial score (nSPS) is 16.0. The molecule has 1 atom stereocenters. The Hall–Kier alpha value is -1.52. The van der Waals surface area contributed by atoms with Crippen LogP contribution in [0.15, 0.2) is 33.6 Å². The number of halogens is 1. The average Bonchev–Trinajstić information content (AvgIpc) is 3.37. The smallest absolute Gasteiger partial charge is 0.316 e. The Bertz CT molecular complexity index is 625. The number of carbonyl (C=O) groups excluding carboxylic acids is 2. The van der Waals surface area contributed by atoms with E-state index in [1.165, 1.54) is 11.8 Å². The van der Waals surface area contributed by atoms with E-state index in [0.717, 1.165) is 22.2 Å². The van der Waals surface area contributed by atoms with Crippen LogP contribution in [0.2, 0.25) is 0 Å². The summed E-state index contributed by atoms with van der Waals surface area (Å²) in [4.78, 5) is 24.4. The molecule has 1 saturated carbocycles. The molecule has 1 aromatic carbocycles. The number of rotatable bonds is 7. The summed E-state index contributed by atoms with van der Waals surface area (Å²) in [5.74, 6) is -0.575. The standard InChI is InChI=1S/C16H17BrN2O3S/c1-16(10-18,11-2-3-11)19-14(20)8-22-15(21)9-23-13-6-4-12(17)5-7-13/h4-7,11H,2-3,8-9H2,1H3,(H,19,20)/t16-/m1/s1. The Kier molecular flexibility index (Phi) is 6.08. The maximum absolute atomic E-state index is 11.8. The molecular weight excluding hydrogens is 380 g/mol. The maximum Gasteiger partial charge on any atom is 0.316 e. The Morgan fingerprint density at radius 2 is 2.09 bits per heavy atom. The molecule has 0 spiro atoms. The zero-order valence-electron chi connectivity index (χ0n) is 12.7. The number of benzene rings is 1. The number of thioether (sulfide) groups is 1. The molecule has 0 heterocycles. The van der Waals surface area contributed by atoms with Gasteiger partial charge in [-0.1, -0.05) is 15.9 Å². The third kappa shape index (κ3) is 5.56. The third-order valence-corrected chi connectivity index (χ3v) is 5.07.